The Labute approximate surface area is 280 Å². The number of likely N-dealkylation sites (N-methyl/N-ethyl adjacent to an activating group) is 1. The summed E-state index contributed by atoms with van der Waals surface area (Å²) in [5, 5.41) is 4.97. The number of fused-ring (bicyclic) bond motifs is 6. The molecule has 1 aromatic heterocycles. The van der Waals surface area contributed by atoms with Crippen molar-refractivity contribution in [2.24, 2.45) is 0 Å². The van der Waals surface area contributed by atoms with E-state index in [9.17, 15) is 4.79 Å². The molecule has 7 heteroatoms. The number of amides is 1. The molecule has 4 aromatic carbocycles. The van der Waals surface area contributed by atoms with Crippen LogP contribution in [-0.2, 0) is 11.3 Å². The van der Waals surface area contributed by atoms with Crippen molar-refractivity contribution >= 4 is 44.2 Å². The minimum Gasteiger partial charge on any atom is -1.00 e. The number of hydrogen-bond donors (Lipinski definition) is 0. The third kappa shape index (κ3) is 7.36. The number of anilines is 1. The first kappa shape index (κ1) is 34.5. The smallest absolute Gasteiger partial charge is 0.278 e. The molecular formula is C38H50BrN5O. The van der Waals surface area contributed by atoms with Crippen molar-refractivity contribution in [1.82, 2.24) is 14.5 Å². The molecule has 0 saturated heterocycles. The highest BCUT2D eigenvalue weighted by Gasteiger charge is 2.27. The molecule has 5 aromatic rings. The normalized spacial score (nSPS) is 12.0. The number of rotatable bonds is 12. The van der Waals surface area contributed by atoms with Gasteiger partial charge in [-0.2, -0.15) is 0 Å². The van der Waals surface area contributed by atoms with Gasteiger partial charge >= 0.3 is 0 Å². The van der Waals surface area contributed by atoms with Gasteiger partial charge in [0.05, 0.1) is 31.7 Å². The van der Waals surface area contributed by atoms with Gasteiger partial charge in [-0.3, -0.25) is 4.79 Å². The lowest BCUT2D eigenvalue weighted by atomic mass is 10.00. The molecule has 0 atom stereocenters. The minimum absolute atomic E-state index is 0. The Morgan fingerprint density at radius 1 is 0.778 bits per heavy atom. The van der Waals surface area contributed by atoms with E-state index in [1.807, 2.05) is 4.90 Å². The van der Waals surface area contributed by atoms with Gasteiger partial charge in [-0.25, -0.2) is 4.98 Å². The van der Waals surface area contributed by atoms with Crippen molar-refractivity contribution in [3.63, 3.8) is 0 Å². The summed E-state index contributed by atoms with van der Waals surface area (Å²) in [5.74, 6) is 1.27. The van der Waals surface area contributed by atoms with Gasteiger partial charge in [-0.1, -0.05) is 48.5 Å². The Kier molecular flexibility index (Phi) is 11.0. The fraction of sp³-hybridized carbons (Fsp3) is 0.421. The molecule has 0 N–H and O–H groups in total. The van der Waals surface area contributed by atoms with Crippen LogP contribution >= 0.6 is 0 Å². The van der Waals surface area contributed by atoms with Gasteiger partial charge in [-0.15, -0.1) is 0 Å². The van der Waals surface area contributed by atoms with E-state index in [1.54, 1.807) is 0 Å². The Balaban J connectivity index is 0.00000461. The molecule has 1 amide bonds. The molecule has 5 rings (SSSR count). The first-order valence-electron chi connectivity index (χ1n) is 16.2. The zero-order valence-electron chi connectivity index (χ0n) is 28.3. The lowest BCUT2D eigenvalue weighted by molar-refractivity contribution is -0.883. The molecule has 0 bridgehead atoms. The van der Waals surface area contributed by atoms with Crippen LogP contribution in [0.3, 0.4) is 0 Å². The van der Waals surface area contributed by atoms with Crippen molar-refractivity contribution in [3.8, 4) is 11.4 Å². The molecule has 0 fully saturated rings. The molecule has 6 nitrogen and oxygen atoms in total. The highest BCUT2D eigenvalue weighted by Crippen LogP contribution is 2.37. The minimum atomic E-state index is 0. The summed E-state index contributed by atoms with van der Waals surface area (Å²) in [6.07, 6.45) is 3.22. The van der Waals surface area contributed by atoms with Gasteiger partial charge in [0.1, 0.15) is 5.82 Å². The van der Waals surface area contributed by atoms with Gasteiger partial charge in [-0.05, 0) is 82.0 Å². The molecule has 0 unspecified atom stereocenters. The van der Waals surface area contributed by atoms with Gasteiger partial charge in [0, 0.05) is 54.7 Å². The quantitative estimate of drug-likeness (QED) is 0.107. The number of aryl methyl sites for hydroxylation is 1. The first-order chi connectivity index (χ1) is 21.0. The van der Waals surface area contributed by atoms with Crippen LogP contribution in [0.15, 0.2) is 72.8 Å². The standard InChI is InChI=1S/C38H50N5O.BrH/c1-27(2)42(28(3)4)35(44)26-43(7,8)25-15-9-14-24-41-37-34-19-13-11-17-32(34)31-16-10-12-18-33(31)36(37)39-38(41)29-20-22-30(23-21-29)40(5)6;/h10-13,16-23,27-28H,9,14-15,24-26H2,1-8H3;1H/q+1;/p-1. The Morgan fingerprint density at radius 3 is 1.91 bits per heavy atom. The van der Waals surface area contributed by atoms with Crippen LogP contribution in [0.1, 0.15) is 47.0 Å². The second-order valence-corrected chi connectivity index (χ2v) is 13.7. The van der Waals surface area contributed by atoms with E-state index in [2.05, 4.69) is 138 Å². The van der Waals surface area contributed by atoms with E-state index < -0.39 is 0 Å². The molecule has 0 spiro atoms. The average Bonchev–Trinajstić information content (AvgIpc) is 3.36. The molecular weight excluding hydrogens is 622 g/mol. The first-order valence-corrected chi connectivity index (χ1v) is 16.2. The number of hydrogen-bond acceptors (Lipinski definition) is 3. The van der Waals surface area contributed by atoms with Crippen LogP contribution < -0.4 is 21.9 Å². The summed E-state index contributed by atoms with van der Waals surface area (Å²) < 4.78 is 3.17. The SMILES string of the molecule is CC(C)N(C(=O)C[N+](C)(C)CCCCCn1c(-c2ccc(N(C)C)cc2)nc2c3ccccc3c3ccccc3c21)C(C)C.[Br-]. The number of benzene rings is 4. The summed E-state index contributed by atoms with van der Waals surface area (Å²) in [7, 11) is 8.52. The maximum absolute atomic E-state index is 13.1. The molecule has 0 aliphatic heterocycles. The van der Waals surface area contributed by atoms with Gasteiger partial charge < -0.3 is 35.8 Å². The van der Waals surface area contributed by atoms with Crippen LogP contribution in [0, 0.1) is 0 Å². The summed E-state index contributed by atoms with van der Waals surface area (Å²) in [6, 6.07) is 26.6. The van der Waals surface area contributed by atoms with Gasteiger partial charge in [0.2, 0.25) is 0 Å². The van der Waals surface area contributed by atoms with Gasteiger partial charge in [0.15, 0.2) is 6.54 Å². The summed E-state index contributed by atoms with van der Waals surface area (Å²) in [5.41, 5.74) is 4.60. The van der Waals surface area contributed by atoms with E-state index in [1.165, 1.54) is 32.7 Å². The number of unbranched alkanes of at least 4 members (excludes halogenated alkanes) is 2. The number of halogens is 1. The predicted molar refractivity (Wildman–Crippen MR) is 187 cm³/mol. The van der Waals surface area contributed by atoms with E-state index in [-0.39, 0.29) is 35.0 Å². The number of nitrogens with zero attached hydrogens (tertiary/aromatic N) is 5. The zero-order valence-corrected chi connectivity index (χ0v) is 29.9. The summed E-state index contributed by atoms with van der Waals surface area (Å²) >= 11 is 0. The lowest BCUT2D eigenvalue weighted by Crippen LogP contribution is -3.00. The fourth-order valence-corrected chi connectivity index (χ4v) is 6.80. The number of aromatic nitrogens is 2. The second-order valence-electron chi connectivity index (χ2n) is 13.7. The van der Waals surface area contributed by atoms with E-state index in [0.717, 1.165) is 49.3 Å². The number of carbonyl (C=O) groups is 1. The van der Waals surface area contributed by atoms with Crippen molar-refractivity contribution in [2.45, 2.75) is 65.6 Å². The van der Waals surface area contributed by atoms with Crippen LogP contribution in [-0.4, -0.2) is 78.2 Å². The van der Waals surface area contributed by atoms with Crippen molar-refractivity contribution in [1.29, 1.82) is 0 Å². The lowest BCUT2D eigenvalue weighted by Gasteiger charge is -2.35. The molecule has 1 heterocycles. The van der Waals surface area contributed by atoms with E-state index in [4.69, 9.17) is 4.98 Å². The number of imidazole rings is 1. The average molecular weight is 673 g/mol. The van der Waals surface area contributed by atoms with Gasteiger partial charge in [0.25, 0.3) is 5.91 Å². The maximum atomic E-state index is 13.1. The van der Waals surface area contributed by atoms with Crippen molar-refractivity contribution < 1.29 is 26.3 Å². The number of carbonyl (C=O) groups excluding carboxylic acids is 1. The van der Waals surface area contributed by atoms with Crippen LogP contribution in [0.25, 0.3) is 44.0 Å². The zero-order chi connectivity index (χ0) is 31.6. The van der Waals surface area contributed by atoms with Crippen LogP contribution in [0.2, 0.25) is 0 Å². The Bertz CT molecular complexity index is 1750. The molecule has 0 saturated carbocycles. The predicted octanol–water partition coefficient (Wildman–Crippen LogP) is 4.97. The highest BCUT2D eigenvalue weighted by atomic mass is 79.9. The summed E-state index contributed by atoms with van der Waals surface area (Å²) in [6.45, 7) is 10.8. The fourth-order valence-electron chi connectivity index (χ4n) is 6.80. The third-order valence-electron chi connectivity index (χ3n) is 8.87. The highest BCUT2D eigenvalue weighted by molar-refractivity contribution is 6.23. The second kappa shape index (κ2) is 14.3. The Morgan fingerprint density at radius 2 is 1.33 bits per heavy atom. The number of quaternary nitrogens is 1. The largest absolute Gasteiger partial charge is 1.00 e. The molecule has 0 aliphatic carbocycles. The summed E-state index contributed by atoms with van der Waals surface area (Å²) in [4.78, 5) is 22.6. The van der Waals surface area contributed by atoms with E-state index in [0.29, 0.717) is 11.0 Å². The molecule has 240 valence electrons. The van der Waals surface area contributed by atoms with Crippen molar-refractivity contribution in [3.05, 3.63) is 72.8 Å². The Hall–Kier alpha value is -3.42. The van der Waals surface area contributed by atoms with Crippen LogP contribution in [0.5, 0.6) is 0 Å². The monoisotopic (exact) mass is 671 g/mol. The van der Waals surface area contributed by atoms with E-state index >= 15 is 0 Å². The molecule has 45 heavy (non-hydrogen) atoms. The third-order valence-corrected chi connectivity index (χ3v) is 8.87. The topological polar surface area (TPSA) is 41.4 Å². The molecule has 0 radical (unpaired) electrons. The maximum Gasteiger partial charge on any atom is 0.278 e. The van der Waals surface area contributed by atoms with Crippen molar-refractivity contribution in [2.75, 3.05) is 46.2 Å². The van der Waals surface area contributed by atoms with Crippen LogP contribution in [0.4, 0.5) is 5.69 Å². The molecule has 0 aliphatic rings.